The van der Waals surface area contributed by atoms with Gasteiger partial charge < -0.3 is 26.8 Å². The summed E-state index contributed by atoms with van der Waals surface area (Å²) in [7, 11) is 3.27. The van der Waals surface area contributed by atoms with E-state index in [2.05, 4.69) is 15.7 Å². The molecule has 196 valence electrons. The first kappa shape index (κ1) is 26.4. The predicted molar refractivity (Wildman–Crippen MR) is 141 cm³/mol. The maximum absolute atomic E-state index is 13.5. The van der Waals surface area contributed by atoms with Crippen LogP contribution >= 0.6 is 11.6 Å². The molecule has 3 aromatic rings. The summed E-state index contributed by atoms with van der Waals surface area (Å²) < 4.78 is 20.6. The predicted octanol–water partition coefficient (Wildman–Crippen LogP) is 3.80. The lowest BCUT2D eigenvalue weighted by Gasteiger charge is -2.16. The second-order valence-corrected chi connectivity index (χ2v) is 9.47. The number of hydrogen-bond donors (Lipinski definition) is 4. The Bertz CT molecular complexity index is 1330. The van der Waals surface area contributed by atoms with Crippen molar-refractivity contribution < 1.29 is 18.7 Å². The van der Waals surface area contributed by atoms with Gasteiger partial charge in [0.15, 0.2) is 0 Å². The molecule has 37 heavy (non-hydrogen) atoms. The number of methoxy groups -OCH3 is 1. The van der Waals surface area contributed by atoms with Gasteiger partial charge in [-0.25, -0.2) is 4.39 Å². The van der Waals surface area contributed by atoms with Crippen LogP contribution in [0.15, 0.2) is 36.4 Å². The average Bonchev–Trinajstić information content (AvgIpc) is 3.49. The molecule has 2 amide bonds. The van der Waals surface area contributed by atoms with Gasteiger partial charge in [-0.05, 0) is 61.1 Å². The Morgan fingerprint density at radius 1 is 1.19 bits per heavy atom. The van der Waals surface area contributed by atoms with E-state index >= 15 is 0 Å². The number of carbonyl (C=O) groups excluding carboxylic acids is 2. The molecule has 2 unspecified atom stereocenters. The molecule has 6 N–H and O–H groups in total. The molecule has 0 radical (unpaired) electrons. The number of benzene rings is 2. The molecule has 1 fully saturated rings. The smallest absolute Gasteiger partial charge is 0.261 e. The Hall–Kier alpha value is -3.63. The Labute approximate surface area is 219 Å². The standard InChI is InChI=1S/C26H30ClFN6O3/c1-34-24(30)22(26(36)32-17-6-8-20(28)19(27)13-17)23(33-34)15-4-3-14(11-15)18-7-5-16(12-21(18)37-2)25(35)31-10-9-29/h5-8,12-15H,3-4,9-11,29-30H2,1-2H3,(H,31,35)(H,32,36). The van der Waals surface area contributed by atoms with Crippen LogP contribution in [0.3, 0.4) is 0 Å². The Balaban J connectivity index is 1.55. The second kappa shape index (κ2) is 11.2. The molecule has 0 saturated heterocycles. The zero-order valence-corrected chi connectivity index (χ0v) is 21.4. The highest BCUT2D eigenvalue weighted by molar-refractivity contribution is 6.31. The van der Waals surface area contributed by atoms with Crippen molar-refractivity contribution in [2.45, 2.75) is 31.1 Å². The number of ether oxygens (including phenoxy) is 1. The number of anilines is 2. The first-order valence-corrected chi connectivity index (χ1v) is 12.4. The van der Waals surface area contributed by atoms with Gasteiger partial charge in [-0.1, -0.05) is 17.7 Å². The molecule has 0 aliphatic heterocycles. The fraction of sp³-hybridized carbons (Fsp3) is 0.346. The number of halogens is 2. The summed E-state index contributed by atoms with van der Waals surface area (Å²) in [6, 6.07) is 9.40. The molecule has 2 atom stereocenters. The van der Waals surface area contributed by atoms with Crippen molar-refractivity contribution in [3.05, 3.63) is 69.6 Å². The van der Waals surface area contributed by atoms with E-state index in [4.69, 9.17) is 27.8 Å². The molecule has 1 aromatic heterocycles. The normalized spacial score (nSPS) is 17.0. The van der Waals surface area contributed by atoms with Crippen LogP contribution in [0.25, 0.3) is 0 Å². The van der Waals surface area contributed by atoms with Crippen molar-refractivity contribution >= 4 is 34.9 Å². The number of amides is 2. The summed E-state index contributed by atoms with van der Waals surface area (Å²) >= 11 is 5.86. The molecule has 1 aliphatic carbocycles. The van der Waals surface area contributed by atoms with E-state index in [1.807, 2.05) is 6.07 Å². The zero-order valence-electron chi connectivity index (χ0n) is 20.7. The van der Waals surface area contributed by atoms with E-state index in [0.717, 1.165) is 24.8 Å². The molecule has 1 heterocycles. The number of rotatable bonds is 8. The highest BCUT2D eigenvalue weighted by atomic mass is 35.5. The number of aryl methyl sites for hydroxylation is 1. The average molecular weight is 529 g/mol. The van der Waals surface area contributed by atoms with Crippen LogP contribution in [-0.4, -0.2) is 41.8 Å². The maximum Gasteiger partial charge on any atom is 0.261 e. The molecule has 1 aliphatic rings. The number of carbonyl (C=O) groups is 2. The molecule has 9 nitrogen and oxygen atoms in total. The van der Waals surface area contributed by atoms with Crippen molar-refractivity contribution in [3.8, 4) is 5.75 Å². The van der Waals surface area contributed by atoms with Gasteiger partial charge in [-0.15, -0.1) is 0 Å². The Morgan fingerprint density at radius 3 is 2.65 bits per heavy atom. The number of nitrogens with one attached hydrogen (secondary N) is 2. The first-order chi connectivity index (χ1) is 17.7. The highest BCUT2D eigenvalue weighted by Crippen LogP contribution is 2.47. The summed E-state index contributed by atoms with van der Waals surface area (Å²) in [5.41, 5.74) is 14.5. The van der Waals surface area contributed by atoms with Gasteiger partial charge in [-0.3, -0.25) is 14.3 Å². The van der Waals surface area contributed by atoms with Crippen LogP contribution in [0, 0.1) is 5.82 Å². The van der Waals surface area contributed by atoms with Crippen molar-refractivity contribution in [1.29, 1.82) is 0 Å². The maximum atomic E-state index is 13.5. The monoisotopic (exact) mass is 528 g/mol. The van der Waals surface area contributed by atoms with Gasteiger partial charge in [0.05, 0.1) is 17.8 Å². The van der Waals surface area contributed by atoms with Crippen molar-refractivity contribution in [2.24, 2.45) is 12.8 Å². The summed E-state index contributed by atoms with van der Waals surface area (Å²) in [5, 5.41) is 9.99. The van der Waals surface area contributed by atoms with Gasteiger partial charge in [0.1, 0.15) is 22.9 Å². The Kier molecular flexibility index (Phi) is 7.99. The lowest BCUT2D eigenvalue weighted by Crippen LogP contribution is -2.29. The summed E-state index contributed by atoms with van der Waals surface area (Å²) in [4.78, 5) is 25.5. The number of nitrogen functional groups attached to an aromatic ring is 1. The van der Waals surface area contributed by atoms with E-state index < -0.39 is 11.7 Å². The van der Waals surface area contributed by atoms with Gasteiger partial charge >= 0.3 is 0 Å². The third kappa shape index (κ3) is 5.55. The molecular weight excluding hydrogens is 499 g/mol. The number of aromatic nitrogens is 2. The quantitative estimate of drug-likeness (QED) is 0.351. The van der Waals surface area contributed by atoms with Crippen LogP contribution in [0.1, 0.15) is 63.1 Å². The van der Waals surface area contributed by atoms with Crippen LogP contribution in [0.4, 0.5) is 15.9 Å². The molecule has 11 heteroatoms. The third-order valence-corrected chi connectivity index (χ3v) is 7.00. The minimum atomic E-state index is -0.571. The first-order valence-electron chi connectivity index (χ1n) is 12.0. The Morgan fingerprint density at radius 2 is 1.95 bits per heavy atom. The van der Waals surface area contributed by atoms with E-state index in [1.165, 1.54) is 22.9 Å². The third-order valence-electron chi connectivity index (χ3n) is 6.71. The van der Waals surface area contributed by atoms with Crippen LogP contribution in [0.2, 0.25) is 5.02 Å². The lowest BCUT2D eigenvalue weighted by molar-refractivity contribution is 0.0953. The molecule has 0 bridgehead atoms. The van der Waals surface area contributed by atoms with E-state index in [-0.39, 0.29) is 28.6 Å². The molecular formula is C26H30ClFN6O3. The summed E-state index contributed by atoms with van der Waals surface area (Å²) in [5.74, 6) is -0.191. The fourth-order valence-corrected chi connectivity index (χ4v) is 5.01. The highest BCUT2D eigenvalue weighted by Gasteiger charge is 2.34. The number of hydrogen-bond acceptors (Lipinski definition) is 6. The van der Waals surface area contributed by atoms with E-state index in [1.54, 1.807) is 26.3 Å². The minimum Gasteiger partial charge on any atom is -0.496 e. The van der Waals surface area contributed by atoms with Crippen LogP contribution < -0.4 is 26.8 Å². The minimum absolute atomic E-state index is 0.0108. The molecule has 2 aromatic carbocycles. The molecule has 0 spiro atoms. The topological polar surface area (TPSA) is 137 Å². The van der Waals surface area contributed by atoms with E-state index in [9.17, 15) is 14.0 Å². The van der Waals surface area contributed by atoms with Gasteiger partial charge in [0.2, 0.25) is 0 Å². The van der Waals surface area contributed by atoms with Gasteiger partial charge in [-0.2, -0.15) is 5.10 Å². The lowest BCUT2D eigenvalue weighted by atomic mass is 9.92. The summed E-state index contributed by atoms with van der Waals surface area (Å²) in [6.45, 7) is 0.755. The fourth-order valence-electron chi connectivity index (χ4n) is 4.83. The van der Waals surface area contributed by atoms with Crippen molar-refractivity contribution in [3.63, 3.8) is 0 Å². The largest absolute Gasteiger partial charge is 0.496 e. The second-order valence-electron chi connectivity index (χ2n) is 9.06. The molecule has 1 saturated carbocycles. The van der Waals surface area contributed by atoms with Crippen molar-refractivity contribution in [1.82, 2.24) is 15.1 Å². The molecule has 4 rings (SSSR count). The summed E-state index contributed by atoms with van der Waals surface area (Å²) in [6.07, 6.45) is 2.38. The number of nitrogens with zero attached hydrogens (tertiary/aromatic N) is 2. The SMILES string of the molecule is COc1cc(C(=O)NCCN)ccc1C1CCC(c2nn(C)c(N)c2C(=O)Nc2ccc(F)c(Cl)c2)C1. The van der Waals surface area contributed by atoms with Gasteiger partial charge in [0, 0.05) is 37.3 Å². The van der Waals surface area contributed by atoms with Crippen LogP contribution in [-0.2, 0) is 7.05 Å². The van der Waals surface area contributed by atoms with Crippen LogP contribution in [0.5, 0.6) is 5.75 Å². The van der Waals surface area contributed by atoms with E-state index in [0.29, 0.717) is 41.3 Å². The van der Waals surface area contributed by atoms with Gasteiger partial charge in [0.25, 0.3) is 11.8 Å². The zero-order chi connectivity index (χ0) is 26.7. The van der Waals surface area contributed by atoms with Crippen molar-refractivity contribution in [2.75, 3.05) is 31.2 Å². The number of nitrogens with two attached hydrogens (primary N) is 2.